The van der Waals surface area contributed by atoms with Crippen molar-refractivity contribution in [3.05, 3.63) is 37.9 Å². The van der Waals surface area contributed by atoms with Crippen molar-refractivity contribution in [1.29, 1.82) is 0 Å². The Balaban J connectivity index is 2.47. The number of halogens is 1. The number of benzene rings is 1. The molecule has 2 rings (SSSR count). The summed E-state index contributed by atoms with van der Waals surface area (Å²) in [6.45, 7) is 3.88. The van der Waals surface area contributed by atoms with Crippen LogP contribution in [0.25, 0.3) is 0 Å². The SMILES string of the molecule is CCOS(=O)(=O)CC(CC)N(CCBr)c1c(C(=O)NCCOC2CCCCO2)cc([N+](=O)[O-])cc1[N+](=O)[O-]. The average Bonchev–Trinajstić information content (AvgIpc) is 2.88. The van der Waals surface area contributed by atoms with Crippen LogP contribution in [0.1, 0.15) is 49.9 Å². The molecule has 2 unspecified atom stereocenters. The summed E-state index contributed by atoms with van der Waals surface area (Å²) in [5.74, 6) is -1.31. The molecule has 1 aromatic carbocycles. The number of anilines is 1. The van der Waals surface area contributed by atoms with Gasteiger partial charge in [-0.05, 0) is 32.6 Å². The molecule has 0 saturated carbocycles. The Morgan fingerprint density at radius 2 is 2.00 bits per heavy atom. The summed E-state index contributed by atoms with van der Waals surface area (Å²) in [4.78, 5) is 36.6. The Hall–Kier alpha value is -2.40. The summed E-state index contributed by atoms with van der Waals surface area (Å²) in [5.41, 5.74) is -1.88. The van der Waals surface area contributed by atoms with Crippen molar-refractivity contribution < 1.29 is 36.7 Å². The number of nitrogens with zero attached hydrogens (tertiary/aromatic N) is 3. The fraction of sp³-hybridized carbons (Fsp3) is 0.682. The predicted octanol–water partition coefficient (Wildman–Crippen LogP) is 3.12. The summed E-state index contributed by atoms with van der Waals surface area (Å²) in [6, 6.07) is 0.886. The number of hydrogen-bond acceptors (Lipinski definition) is 11. The van der Waals surface area contributed by atoms with Gasteiger partial charge >= 0.3 is 0 Å². The maximum absolute atomic E-state index is 13.2. The lowest BCUT2D eigenvalue weighted by molar-refractivity contribution is -0.393. The number of alkyl halides is 1. The maximum Gasteiger partial charge on any atom is 0.300 e. The molecule has 0 bridgehead atoms. The highest BCUT2D eigenvalue weighted by Crippen LogP contribution is 2.38. The Morgan fingerprint density at radius 3 is 2.55 bits per heavy atom. The fourth-order valence-corrected chi connectivity index (χ4v) is 5.80. The van der Waals surface area contributed by atoms with Crippen LogP contribution in [-0.2, 0) is 23.8 Å². The van der Waals surface area contributed by atoms with Crippen LogP contribution in [0.2, 0.25) is 0 Å². The molecule has 1 aromatic rings. The summed E-state index contributed by atoms with van der Waals surface area (Å²) in [6.07, 6.45) is 2.46. The Labute approximate surface area is 229 Å². The summed E-state index contributed by atoms with van der Waals surface area (Å²) >= 11 is 3.28. The summed E-state index contributed by atoms with van der Waals surface area (Å²) < 4.78 is 40.8. The highest BCUT2D eigenvalue weighted by atomic mass is 79.9. The van der Waals surface area contributed by atoms with E-state index in [2.05, 4.69) is 21.2 Å². The van der Waals surface area contributed by atoms with Gasteiger partial charge in [-0.2, -0.15) is 8.42 Å². The molecule has 2 atom stereocenters. The van der Waals surface area contributed by atoms with Crippen LogP contribution in [0.15, 0.2) is 12.1 Å². The van der Waals surface area contributed by atoms with Gasteiger partial charge in [0.1, 0.15) is 5.69 Å². The lowest BCUT2D eigenvalue weighted by atomic mass is 10.0. The molecule has 1 amide bonds. The highest BCUT2D eigenvalue weighted by Gasteiger charge is 2.35. The van der Waals surface area contributed by atoms with E-state index in [0.717, 1.165) is 31.4 Å². The van der Waals surface area contributed by atoms with Crippen molar-refractivity contribution in [3.8, 4) is 0 Å². The van der Waals surface area contributed by atoms with Crippen LogP contribution in [0.3, 0.4) is 0 Å². The van der Waals surface area contributed by atoms with Gasteiger partial charge in [-0.15, -0.1) is 0 Å². The second-order valence-electron chi connectivity index (χ2n) is 8.37. The first kappa shape index (κ1) is 31.8. The number of non-ortho nitro benzene ring substituents is 1. The number of nitro groups is 2. The lowest BCUT2D eigenvalue weighted by Crippen LogP contribution is -2.43. The average molecular weight is 625 g/mol. The normalized spacial score (nSPS) is 16.6. The topological polar surface area (TPSA) is 180 Å². The first-order valence-electron chi connectivity index (χ1n) is 12.2. The number of nitro benzene ring substituents is 2. The molecule has 1 saturated heterocycles. The standard InChI is InChI=1S/C22H33BrN4O10S/c1-3-16(15-38(33,34)37-4-2)25(10-8-23)21-18(13-17(26(29)30)14-19(21)27(31)32)22(28)24-9-12-36-20-7-5-6-11-35-20/h13-14,16,20H,3-12,15H2,1-2H3,(H,24,28). The van der Waals surface area contributed by atoms with Crippen LogP contribution < -0.4 is 10.2 Å². The van der Waals surface area contributed by atoms with Gasteiger partial charge in [0.25, 0.3) is 27.4 Å². The second-order valence-corrected chi connectivity index (χ2v) is 10.9. The number of carbonyl (C=O) groups excluding carboxylic acids is 1. The maximum atomic E-state index is 13.2. The molecule has 1 N–H and O–H groups in total. The van der Waals surface area contributed by atoms with E-state index in [1.165, 1.54) is 11.8 Å². The van der Waals surface area contributed by atoms with E-state index in [1.807, 2.05) is 0 Å². The highest BCUT2D eigenvalue weighted by molar-refractivity contribution is 9.09. The minimum absolute atomic E-state index is 0.0169. The minimum atomic E-state index is -3.99. The quantitative estimate of drug-likeness (QED) is 0.0937. The largest absolute Gasteiger partial charge is 0.360 e. The van der Waals surface area contributed by atoms with Crippen molar-refractivity contribution >= 4 is 49.0 Å². The number of nitrogens with one attached hydrogen (secondary N) is 1. The molecule has 16 heteroatoms. The molecular formula is C22H33BrN4O10S. The molecule has 1 heterocycles. The number of rotatable bonds is 16. The molecule has 0 aliphatic carbocycles. The smallest absolute Gasteiger partial charge is 0.300 e. The van der Waals surface area contributed by atoms with E-state index in [0.29, 0.717) is 6.61 Å². The molecule has 38 heavy (non-hydrogen) atoms. The predicted molar refractivity (Wildman–Crippen MR) is 142 cm³/mol. The van der Waals surface area contributed by atoms with Gasteiger partial charge in [0.2, 0.25) is 0 Å². The Morgan fingerprint density at radius 1 is 1.26 bits per heavy atom. The first-order valence-corrected chi connectivity index (χ1v) is 14.9. The lowest BCUT2D eigenvalue weighted by Gasteiger charge is -2.33. The van der Waals surface area contributed by atoms with E-state index in [-0.39, 0.29) is 55.6 Å². The van der Waals surface area contributed by atoms with Crippen LogP contribution in [0.4, 0.5) is 17.1 Å². The van der Waals surface area contributed by atoms with Crippen LogP contribution >= 0.6 is 15.9 Å². The number of hydrogen-bond donors (Lipinski definition) is 1. The van der Waals surface area contributed by atoms with Gasteiger partial charge in [-0.25, -0.2) is 0 Å². The molecular weight excluding hydrogens is 592 g/mol. The van der Waals surface area contributed by atoms with Gasteiger partial charge < -0.3 is 19.7 Å². The number of amides is 1. The molecule has 14 nitrogen and oxygen atoms in total. The fourth-order valence-electron chi connectivity index (χ4n) is 4.08. The zero-order valence-electron chi connectivity index (χ0n) is 21.3. The van der Waals surface area contributed by atoms with E-state index in [9.17, 15) is 33.4 Å². The van der Waals surface area contributed by atoms with Gasteiger partial charge in [0, 0.05) is 37.1 Å². The van der Waals surface area contributed by atoms with E-state index >= 15 is 0 Å². The zero-order valence-corrected chi connectivity index (χ0v) is 23.7. The van der Waals surface area contributed by atoms with Gasteiger partial charge in [-0.1, -0.05) is 22.9 Å². The molecule has 214 valence electrons. The molecule has 0 radical (unpaired) electrons. The molecule has 1 aliphatic heterocycles. The van der Waals surface area contributed by atoms with Crippen molar-refractivity contribution in [1.82, 2.24) is 5.32 Å². The van der Waals surface area contributed by atoms with E-state index in [1.54, 1.807) is 6.92 Å². The monoisotopic (exact) mass is 624 g/mol. The summed E-state index contributed by atoms with van der Waals surface area (Å²) in [7, 11) is -3.99. The number of carbonyl (C=O) groups is 1. The third-order valence-electron chi connectivity index (χ3n) is 5.77. The van der Waals surface area contributed by atoms with Gasteiger partial charge in [0.15, 0.2) is 6.29 Å². The molecule has 1 aliphatic rings. The van der Waals surface area contributed by atoms with Crippen molar-refractivity contribution in [3.63, 3.8) is 0 Å². The summed E-state index contributed by atoms with van der Waals surface area (Å²) in [5, 5.41) is 26.4. The first-order chi connectivity index (χ1) is 18.0. The Bertz CT molecular complexity index is 1080. The van der Waals surface area contributed by atoms with Gasteiger partial charge in [-0.3, -0.25) is 29.2 Å². The third kappa shape index (κ3) is 9.11. The van der Waals surface area contributed by atoms with Crippen molar-refractivity contribution in [2.75, 3.05) is 48.9 Å². The second kappa shape index (κ2) is 15.3. The minimum Gasteiger partial charge on any atom is -0.360 e. The zero-order chi connectivity index (χ0) is 28.3. The van der Waals surface area contributed by atoms with Gasteiger partial charge in [0.05, 0.1) is 40.4 Å². The molecule has 0 spiro atoms. The van der Waals surface area contributed by atoms with E-state index in [4.69, 9.17) is 13.7 Å². The van der Waals surface area contributed by atoms with Crippen molar-refractivity contribution in [2.45, 2.75) is 51.9 Å². The number of ether oxygens (including phenoxy) is 2. The van der Waals surface area contributed by atoms with E-state index < -0.39 is 49.0 Å². The van der Waals surface area contributed by atoms with Crippen LogP contribution in [0.5, 0.6) is 0 Å². The molecule has 1 fully saturated rings. The van der Waals surface area contributed by atoms with Crippen molar-refractivity contribution in [2.24, 2.45) is 0 Å². The Kier molecular flexibility index (Phi) is 12.8. The third-order valence-corrected chi connectivity index (χ3v) is 7.52. The van der Waals surface area contributed by atoms with Crippen LogP contribution in [-0.4, -0.2) is 80.5 Å². The van der Waals surface area contributed by atoms with Crippen LogP contribution in [0, 0.1) is 20.2 Å². The molecule has 0 aromatic heterocycles.